The standard InChI is InChI=1S/C25H19ClF7N3O3/c26-15-4-1-12(2-5-15)11-39-16-7-14(8-16)23(38)34-10-13-3-6-17(24(28,29)30)20(21(13)27)22-35-18(25(31,32)33)9-19(37)36-22/h1-6,9,14,16H,7-8,10-11H2,(H,34,38)(H,35,36,37)/t14-,16-. The smallest absolute Gasteiger partial charge is 0.373 e. The van der Waals surface area contributed by atoms with Crippen molar-refractivity contribution < 1.29 is 40.3 Å². The fourth-order valence-electron chi connectivity index (χ4n) is 3.98. The summed E-state index contributed by atoms with van der Waals surface area (Å²) >= 11 is 5.83. The van der Waals surface area contributed by atoms with E-state index in [0.29, 0.717) is 30.5 Å². The average molecular weight is 578 g/mol. The highest BCUT2D eigenvalue weighted by molar-refractivity contribution is 6.30. The number of carbonyl (C=O) groups excluding carboxylic acids is 1. The van der Waals surface area contributed by atoms with E-state index in [-0.39, 0.29) is 12.2 Å². The molecule has 4 rings (SSSR count). The summed E-state index contributed by atoms with van der Waals surface area (Å²) in [6.07, 6.45) is -9.81. The molecule has 0 spiro atoms. The lowest BCUT2D eigenvalue weighted by molar-refractivity contribution is -0.141. The maximum absolute atomic E-state index is 15.3. The Morgan fingerprint density at radius 1 is 1.05 bits per heavy atom. The molecular weight excluding hydrogens is 559 g/mol. The monoisotopic (exact) mass is 577 g/mol. The van der Waals surface area contributed by atoms with Crippen molar-refractivity contribution in [3.8, 4) is 11.4 Å². The zero-order chi connectivity index (χ0) is 28.5. The lowest BCUT2D eigenvalue weighted by atomic mass is 9.81. The number of hydrogen-bond acceptors (Lipinski definition) is 4. The number of alkyl halides is 6. The lowest BCUT2D eigenvalue weighted by Gasteiger charge is -2.34. The maximum Gasteiger partial charge on any atom is 0.433 e. The summed E-state index contributed by atoms with van der Waals surface area (Å²) in [6, 6.07) is 8.26. The van der Waals surface area contributed by atoms with Crippen LogP contribution in [-0.4, -0.2) is 22.0 Å². The third-order valence-electron chi connectivity index (χ3n) is 6.11. The van der Waals surface area contributed by atoms with Gasteiger partial charge in [-0.3, -0.25) is 9.59 Å². The van der Waals surface area contributed by atoms with Gasteiger partial charge in [0.1, 0.15) is 11.6 Å². The molecule has 6 nitrogen and oxygen atoms in total. The van der Waals surface area contributed by atoms with E-state index in [1.807, 2.05) is 0 Å². The second-order valence-corrected chi connectivity index (χ2v) is 9.32. The van der Waals surface area contributed by atoms with Crippen molar-refractivity contribution >= 4 is 17.5 Å². The van der Waals surface area contributed by atoms with E-state index in [2.05, 4.69) is 10.3 Å². The molecule has 208 valence electrons. The van der Waals surface area contributed by atoms with Crippen LogP contribution in [0.25, 0.3) is 11.4 Å². The van der Waals surface area contributed by atoms with Gasteiger partial charge in [0.05, 0.1) is 23.8 Å². The van der Waals surface area contributed by atoms with Crippen LogP contribution in [0.1, 0.15) is 35.2 Å². The van der Waals surface area contributed by atoms with Gasteiger partial charge in [-0.25, -0.2) is 9.37 Å². The fourth-order valence-corrected chi connectivity index (χ4v) is 4.11. The molecule has 1 aliphatic carbocycles. The first-order chi connectivity index (χ1) is 18.2. The van der Waals surface area contributed by atoms with Crippen LogP contribution in [0.4, 0.5) is 30.7 Å². The second-order valence-electron chi connectivity index (χ2n) is 8.88. The van der Waals surface area contributed by atoms with Gasteiger partial charge in [0.25, 0.3) is 5.56 Å². The zero-order valence-electron chi connectivity index (χ0n) is 19.7. The van der Waals surface area contributed by atoms with Gasteiger partial charge in [-0.2, -0.15) is 26.3 Å². The Balaban J connectivity index is 1.46. The SMILES string of the molecule is O=c1cc(C(F)(F)F)nc(-c2c(C(F)(F)F)ccc(CNC(=O)[C@H]3C[C@H](OCc4ccc(Cl)cc4)C3)c2F)[nH]1. The van der Waals surface area contributed by atoms with Crippen molar-refractivity contribution in [2.75, 3.05) is 0 Å². The molecule has 1 saturated carbocycles. The van der Waals surface area contributed by atoms with Gasteiger partial charge in [0.15, 0.2) is 5.69 Å². The molecule has 1 fully saturated rings. The molecule has 0 bridgehead atoms. The number of H-pyrrole nitrogens is 1. The van der Waals surface area contributed by atoms with Gasteiger partial charge in [-0.1, -0.05) is 29.8 Å². The molecule has 0 radical (unpaired) electrons. The number of nitrogens with one attached hydrogen (secondary N) is 2. The number of nitrogens with zero attached hydrogens (tertiary/aromatic N) is 1. The molecule has 1 aliphatic rings. The third-order valence-corrected chi connectivity index (χ3v) is 6.37. The summed E-state index contributed by atoms with van der Waals surface area (Å²) in [5.41, 5.74) is -5.77. The van der Waals surface area contributed by atoms with Crippen LogP contribution in [0.3, 0.4) is 0 Å². The summed E-state index contributed by atoms with van der Waals surface area (Å²) in [4.78, 5) is 28.9. The number of amides is 1. The van der Waals surface area contributed by atoms with Gasteiger partial charge in [-0.05, 0) is 36.6 Å². The Hall–Kier alpha value is -3.45. The molecule has 1 amide bonds. The number of ether oxygens (including phenoxy) is 1. The fraction of sp³-hybridized carbons (Fsp3) is 0.320. The van der Waals surface area contributed by atoms with Crippen molar-refractivity contribution in [1.82, 2.24) is 15.3 Å². The quantitative estimate of drug-likeness (QED) is 0.344. The van der Waals surface area contributed by atoms with Crippen LogP contribution in [0.5, 0.6) is 0 Å². The summed E-state index contributed by atoms with van der Waals surface area (Å²) < 4.78 is 101. The number of rotatable bonds is 7. The predicted molar refractivity (Wildman–Crippen MR) is 125 cm³/mol. The van der Waals surface area contributed by atoms with E-state index < -0.39 is 70.3 Å². The van der Waals surface area contributed by atoms with Crippen molar-refractivity contribution in [2.24, 2.45) is 5.92 Å². The molecule has 0 aliphatic heterocycles. The number of aromatic nitrogens is 2. The van der Waals surface area contributed by atoms with E-state index in [9.17, 15) is 35.9 Å². The molecule has 3 aromatic rings. The van der Waals surface area contributed by atoms with Crippen LogP contribution in [0, 0.1) is 11.7 Å². The summed E-state index contributed by atoms with van der Waals surface area (Å²) in [5.74, 6) is -3.79. The van der Waals surface area contributed by atoms with Gasteiger partial charge < -0.3 is 15.0 Å². The van der Waals surface area contributed by atoms with Crippen LogP contribution < -0.4 is 10.9 Å². The Labute approximate surface area is 221 Å². The number of carbonyl (C=O) groups is 1. The normalized spacial score (nSPS) is 17.5. The highest BCUT2D eigenvalue weighted by Gasteiger charge is 2.39. The molecular formula is C25H19ClF7N3O3. The van der Waals surface area contributed by atoms with Crippen LogP contribution in [-0.2, 0) is 35.0 Å². The minimum absolute atomic E-state index is 0.0454. The Kier molecular flexibility index (Phi) is 8.03. The molecule has 1 aromatic heterocycles. The van der Waals surface area contributed by atoms with Gasteiger partial charge in [-0.15, -0.1) is 0 Å². The van der Waals surface area contributed by atoms with Crippen molar-refractivity contribution in [3.05, 3.63) is 86.0 Å². The third kappa shape index (κ3) is 6.77. The van der Waals surface area contributed by atoms with Crippen LogP contribution in [0.2, 0.25) is 5.02 Å². The lowest BCUT2D eigenvalue weighted by Crippen LogP contribution is -2.42. The number of aromatic amines is 1. The van der Waals surface area contributed by atoms with Crippen molar-refractivity contribution in [1.29, 1.82) is 0 Å². The second kappa shape index (κ2) is 11.0. The first kappa shape index (κ1) is 28.6. The Morgan fingerprint density at radius 3 is 2.33 bits per heavy atom. The topological polar surface area (TPSA) is 84.1 Å². The van der Waals surface area contributed by atoms with Gasteiger partial charge >= 0.3 is 12.4 Å². The Bertz CT molecular complexity index is 1420. The first-order valence-corrected chi connectivity index (χ1v) is 11.8. The van der Waals surface area contributed by atoms with E-state index >= 15 is 4.39 Å². The zero-order valence-corrected chi connectivity index (χ0v) is 20.5. The van der Waals surface area contributed by atoms with E-state index in [4.69, 9.17) is 16.3 Å². The number of halogens is 8. The van der Waals surface area contributed by atoms with E-state index in [0.717, 1.165) is 11.6 Å². The number of benzene rings is 2. The molecule has 0 atom stereocenters. The summed E-state index contributed by atoms with van der Waals surface area (Å²) in [7, 11) is 0. The predicted octanol–water partition coefficient (Wildman–Crippen LogP) is 5.88. The molecule has 2 N–H and O–H groups in total. The first-order valence-electron chi connectivity index (χ1n) is 11.4. The molecule has 0 unspecified atom stereocenters. The highest BCUT2D eigenvalue weighted by Crippen LogP contribution is 2.39. The summed E-state index contributed by atoms with van der Waals surface area (Å²) in [5, 5.41) is 3.00. The summed E-state index contributed by atoms with van der Waals surface area (Å²) in [6.45, 7) is -0.243. The van der Waals surface area contributed by atoms with Gasteiger partial charge in [0, 0.05) is 29.1 Å². The Morgan fingerprint density at radius 2 is 1.72 bits per heavy atom. The minimum atomic E-state index is -5.18. The molecule has 14 heteroatoms. The maximum atomic E-state index is 15.3. The molecule has 1 heterocycles. The van der Waals surface area contributed by atoms with Crippen LogP contribution in [0.15, 0.2) is 47.3 Å². The van der Waals surface area contributed by atoms with Gasteiger partial charge in [0.2, 0.25) is 5.91 Å². The highest BCUT2D eigenvalue weighted by atomic mass is 35.5. The molecule has 0 saturated heterocycles. The van der Waals surface area contributed by atoms with Crippen LogP contribution >= 0.6 is 11.6 Å². The van der Waals surface area contributed by atoms with Crippen molar-refractivity contribution in [3.63, 3.8) is 0 Å². The largest absolute Gasteiger partial charge is 0.433 e. The van der Waals surface area contributed by atoms with E-state index in [1.165, 1.54) is 0 Å². The van der Waals surface area contributed by atoms with Crippen molar-refractivity contribution in [2.45, 2.75) is 44.4 Å². The minimum Gasteiger partial charge on any atom is -0.373 e. The molecule has 2 aromatic carbocycles. The number of hydrogen-bond donors (Lipinski definition) is 2. The average Bonchev–Trinajstić information content (AvgIpc) is 2.81. The van der Waals surface area contributed by atoms with E-state index in [1.54, 1.807) is 29.2 Å². The molecule has 39 heavy (non-hydrogen) atoms.